The molecule has 1 amide bonds. The molecular formula is C22H24Cl2N4O3. The third-order valence-corrected chi connectivity index (χ3v) is 6.56. The molecule has 1 atom stereocenters. The van der Waals surface area contributed by atoms with Gasteiger partial charge in [-0.2, -0.15) is 0 Å². The standard InChI is InChI=1S/C22H24Cl2N4O3/c1-31-22(30)15-8-14(9-15)21(29)27-6-7-28(20-18(25)10-17(24)11-26-20)19(12-27)13-2-4-16(23)5-3-13/h2-5,10-11,14-15,19H,6-9,12,25H2,1H3. The fourth-order valence-electron chi connectivity index (χ4n) is 4.33. The molecule has 1 aliphatic carbocycles. The first kappa shape index (κ1) is 21.7. The minimum atomic E-state index is -0.239. The zero-order chi connectivity index (χ0) is 22.1. The Labute approximate surface area is 191 Å². The van der Waals surface area contributed by atoms with Gasteiger partial charge in [0.05, 0.1) is 29.8 Å². The number of benzene rings is 1. The smallest absolute Gasteiger partial charge is 0.308 e. The Kier molecular flexibility index (Phi) is 6.25. The van der Waals surface area contributed by atoms with Crippen molar-refractivity contribution in [1.82, 2.24) is 9.88 Å². The molecule has 1 aromatic carbocycles. The van der Waals surface area contributed by atoms with Crippen LogP contribution in [0.15, 0.2) is 36.5 Å². The second kappa shape index (κ2) is 8.93. The van der Waals surface area contributed by atoms with Crippen molar-refractivity contribution in [1.29, 1.82) is 0 Å². The van der Waals surface area contributed by atoms with Crippen LogP contribution in [0.3, 0.4) is 0 Å². The van der Waals surface area contributed by atoms with Crippen LogP contribution in [0, 0.1) is 11.8 Å². The summed E-state index contributed by atoms with van der Waals surface area (Å²) in [6, 6.07) is 9.13. The van der Waals surface area contributed by atoms with E-state index in [-0.39, 0.29) is 29.8 Å². The molecule has 4 rings (SSSR count). The molecule has 164 valence electrons. The molecule has 2 aromatic rings. The number of ether oxygens (including phenoxy) is 1. The summed E-state index contributed by atoms with van der Waals surface area (Å²) >= 11 is 12.1. The lowest BCUT2D eigenvalue weighted by molar-refractivity contribution is -0.154. The van der Waals surface area contributed by atoms with Crippen LogP contribution in [0.2, 0.25) is 10.0 Å². The fraction of sp³-hybridized carbons (Fsp3) is 0.409. The van der Waals surface area contributed by atoms with Crippen molar-refractivity contribution in [2.75, 3.05) is 37.4 Å². The maximum Gasteiger partial charge on any atom is 0.308 e. The summed E-state index contributed by atoms with van der Waals surface area (Å²) in [6.07, 6.45) is 2.66. The number of carbonyl (C=O) groups is 2. The van der Waals surface area contributed by atoms with Gasteiger partial charge in [-0.05, 0) is 36.6 Å². The number of pyridine rings is 1. The van der Waals surface area contributed by atoms with E-state index in [1.54, 1.807) is 12.3 Å². The van der Waals surface area contributed by atoms with Gasteiger partial charge in [-0.15, -0.1) is 0 Å². The minimum absolute atomic E-state index is 0.0794. The van der Waals surface area contributed by atoms with Crippen molar-refractivity contribution < 1.29 is 14.3 Å². The summed E-state index contributed by atoms with van der Waals surface area (Å²) in [7, 11) is 1.38. The van der Waals surface area contributed by atoms with Crippen LogP contribution in [0.5, 0.6) is 0 Å². The van der Waals surface area contributed by atoms with E-state index in [0.29, 0.717) is 54.0 Å². The quantitative estimate of drug-likeness (QED) is 0.698. The number of amides is 1. The lowest BCUT2D eigenvalue weighted by atomic mass is 9.74. The zero-order valence-electron chi connectivity index (χ0n) is 17.1. The van der Waals surface area contributed by atoms with Gasteiger partial charge in [-0.3, -0.25) is 9.59 Å². The average molecular weight is 463 g/mol. The number of hydrogen-bond acceptors (Lipinski definition) is 6. The summed E-state index contributed by atoms with van der Waals surface area (Å²) in [5.74, 6) is 0.171. The number of nitrogens with zero attached hydrogens (tertiary/aromatic N) is 3. The number of methoxy groups -OCH3 is 1. The number of nitrogen functional groups attached to an aromatic ring is 1. The first-order chi connectivity index (χ1) is 14.9. The number of nitrogens with two attached hydrogens (primary N) is 1. The molecule has 2 aliphatic rings. The van der Waals surface area contributed by atoms with E-state index < -0.39 is 0 Å². The minimum Gasteiger partial charge on any atom is -0.469 e. The van der Waals surface area contributed by atoms with Crippen LogP contribution in [0.4, 0.5) is 11.5 Å². The van der Waals surface area contributed by atoms with Gasteiger partial charge in [0, 0.05) is 36.8 Å². The first-order valence-corrected chi connectivity index (χ1v) is 10.9. The molecule has 2 fully saturated rings. The molecule has 0 bridgehead atoms. The van der Waals surface area contributed by atoms with Gasteiger partial charge in [0.2, 0.25) is 5.91 Å². The highest BCUT2D eigenvalue weighted by molar-refractivity contribution is 6.31. The largest absolute Gasteiger partial charge is 0.469 e. The van der Waals surface area contributed by atoms with Gasteiger partial charge in [0.1, 0.15) is 0 Å². The van der Waals surface area contributed by atoms with Crippen molar-refractivity contribution >= 4 is 46.6 Å². The number of rotatable bonds is 4. The van der Waals surface area contributed by atoms with E-state index in [9.17, 15) is 9.59 Å². The molecule has 0 radical (unpaired) electrons. The Morgan fingerprint density at radius 2 is 1.81 bits per heavy atom. The average Bonchev–Trinajstić information content (AvgIpc) is 2.73. The van der Waals surface area contributed by atoms with Crippen LogP contribution >= 0.6 is 23.2 Å². The van der Waals surface area contributed by atoms with Gasteiger partial charge in [0.15, 0.2) is 5.82 Å². The Morgan fingerprint density at radius 1 is 1.10 bits per heavy atom. The van der Waals surface area contributed by atoms with E-state index in [2.05, 4.69) is 9.88 Å². The van der Waals surface area contributed by atoms with Gasteiger partial charge < -0.3 is 20.3 Å². The monoisotopic (exact) mass is 462 g/mol. The Bertz CT molecular complexity index is 979. The zero-order valence-corrected chi connectivity index (χ0v) is 18.6. The second-order valence-electron chi connectivity index (χ2n) is 8.00. The van der Waals surface area contributed by atoms with Crippen LogP contribution in [-0.4, -0.2) is 48.5 Å². The molecule has 0 spiro atoms. The predicted molar refractivity (Wildman–Crippen MR) is 120 cm³/mol. The molecular weight excluding hydrogens is 439 g/mol. The summed E-state index contributed by atoms with van der Waals surface area (Å²) < 4.78 is 4.79. The van der Waals surface area contributed by atoms with Gasteiger partial charge in [-0.1, -0.05) is 35.3 Å². The van der Waals surface area contributed by atoms with Crippen molar-refractivity contribution in [3.05, 3.63) is 52.1 Å². The van der Waals surface area contributed by atoms with Crippen molar-refractivity contribution in [2.45, 2.75) is 18.9 Å². The summed E-state index contributed by atoms with van der Waals surface area (Å²) in [6.45, 7) is 1.61. The van der Waals surface area contributed by atoms with Crippen LogP contribution in [-0.2, 0) is 14.3 Å². The van der Waals surface area contributed by atoms with E-state index in [1.165, 1.54) is 7.11 Å². The molecule has 31 heavy (non-hydrogen) atoms. The number of halogens is 2. The molecule has 1 aliphatic heterocycles. The highest BCUT2D eigenvalue weighted by atomic mass is 35.5. The highest BCUT2D eigenvalue weighted by Crippen LogP contribution is 2.38. The number of piperazine rings is 1. The molecule has 1 unspecified atom stereocenters. The number of aromatic nitrogens is 1. The van der Waals surface area contributed by atoms with E-state index in [4.69, 9.17) is 33.7 Å². The summed E-state index contributed by atoms with van der Waals surface area (Å²) in [4.78, 5) is 33.2. The molecule has 7 nitrogen and oxygen atoms in total. The number of hydrogen-bond donors (Lipinski definition) is 1. The van der Waals surface area contributed by atoms with E-state index in [1.807, 2.05) is 29.2 Å². The summed E-state index contributed by atoms with van der Waals surface area (Å²) in [5, 5.41) is 1.12. The second-order valence-corrected chi connectivity index (χ2v) is 8.87. The first-order valence-electron chi connectivity index (χ1n) is 10.2. The van der Waals surface area contributed by atoms with E-state index in [0.717, 1.165) is 5.56 Å². The highest BCUT2D eigenvalue weighted by Gasteiger charge is 2.43. The number of anilines is 2. The molecule has 1 aromatic heterocycles. The topological polar surface area (TPSA) is 88.8 Å². The maximum absolute atomic E-state index is 13.1. The van der Waals surface area contributed by atoms with Gasteiger partial charge in [0.25, 0.3) is 0 Å². The van der Waals surface area contributed by atoms with Crippen molar-refractivity contribution in [2.24, 2.45) is 11.8 Å². The summed E-state index contributed by atoms with van der Waals surface area (Å²) in [5.41, 5.74) is 7.72. The third kappa shape index (κ3) is 4.43. The molecule has 2 heterocycles. The Hall–Kier alpha value is -2.51. The normalized spacial score (nSPS) is 23.3. The molecule has 2 N–H and O–H groups in total. The van der Waals surface area contributed by atoms with Gasteiger partial charge in [-0.25, -0.2) is 4.98 Å². The molecule has 1 saturated heterocycles. The SMILES string of the molecule is COC(=O)C1CC(C(=O)N2CCN(c3ncc(Cl)cc3N)C(c3ccc(Cl)cc3)C2)C1. The van der Waals surface area contributed by atoms with Crippen LogP contribution in [0.25, 0.3) is 0 Å². The Balaban J connectivity index is 1.55. The number of esters is 1. The van der Waals surface area contributed by atoms with Crippen molar-refractivity contribution in [3.8, 4) is 0 Å². The predicted octanol–water partition coefficient (Wildman–Crippen LogP) is 3.56. The number of carbonyl (C=O) groups excluding carboxylic acids is 2. The van der Waals surface area contributed by atoms with E-state index >= 15 is 0 Å². The molecule has 9 heteroatoms. The fourth-order valence-corrected chi connectivity index (χ4v) is 4.62. The van der Waals surface area contributed by atoms with Crippen LogP contribution in [0.1, 0.15) is 24.4 Å². The Morgan fingerprint density at radius 3 is 2.45 bits per heavy atom. The van der Waals surface area contributed by atoms with Gasteiger partial charge >= 0.3 is 5.97 Å². The lowest BCUT2D eigenvalue weighted by Crippen LogP contribution is -2.54. The van der Waals surface area contributed by atoms with Crippen LogP contribution < -0.4 is 10.6 Å². The van der Waals surface area contributed by atoms with Crippen molar-refractivity contribution in [3.63, 3.8) is 0 Å². The maximum atomic E-state index is 13.1. The lowest BCUT2D eigenvalue weighted by Gasteiger charge is -2.45. The third-order valence-electron chi connectivity index (χ3n) is 6.10. The molecule has 1 saturated carbocycles.